The number of hydrogen-bond acceptors (Lipinski definition) is 2. The summed E-state index contributed by atoms with van der Waals surface area (Å²) in [6, 6.07) is 0. The van der Waals surface area contributed by atoms with Gasteiger partial charge in [-0.3, -0.25) is 0 Å². The van der Waals surface area contributed by atoms with E-state index in [1.165, 1.54) is 0 Å². The van der Waals surface area contributed by atoms with Crippen molar-refractivity contribution in [2.45, 2.75) is 24.9 Å². The Bertz CT molecular complexity index is 112. The fourth-order valence-electron chi connectivity index (χ4n) is 1.08. The first kappa shape index (κ1) is 7.88. The van der Waals surface area contributed by atoms with E-state index < -0.39 is 12.0 Å². The van der Waals surface area contributed by atoms with Crippen LogP contribution in [-0.2, 0) is 0 Å². The quantitative estimate of drug-likeness (QED) is 0.567. The molecule has 0 atom stereocenters. The number of rotatable bonds is 1. The third-order valence-corrected chi connectivity index (χ3v) is 1.88. The fourth-order valence-corrected chi connectivity index (χ4v) is 1.08. The van der Waals surface area contributed by atoms with E-state index in [9.17, 15) is 8.78 Å². The van der Waals surface area contributed by atoms with E-state index in [1.54, 1.807) is 0 Å². The summed E-state index contributed by atoms with van der Waals surface area (Å²) in [5, 5.41) is 12.1. The van der Waals surface area contributed by atoms with Crippen molar-refractivity contribution in [1.82, 2.24) is 5.32 Å². The fraction of sp³-hybridized carbons (Fsp3) is 1.00. The van der Waals surface area contributed by atoms with Crippen molar-refractivity contribution < 1.29 is 13.9 Å². The number of hydrogen-bond donors (Lipinski definition) is 2. The van der Waals surface area contributed by atoms with Gasteiger partial charge in [0.25, 0.3) is 6.43 Å². The van der Waals surface area contributed by atoms with Gasteiger partial charge in [0, 0.05) is 0 Å². The second-order valence-electron chi connectivity index (χ2n) is 2.65. The lowest BCUT2D eigenvalue weighted by molar-refractivity contribution is -0.112. The third-order valence-electron chi connectivity index (χ3n) is 1.88. The molecule has 0 bridgehead atoms. The van der Waals surface area contributed by atoms with Gasteiger partial charge in [0.05, 0.1) is 0 Å². The van der Waals surface area contributed by atoms with Crippen LogP contribution in [0.5, 0.6) is 0 Å². The van der Waals surface area contributed by atoms with E-state index in [2.05, 4.69) is 5.32 Å². The van der Waals surface area contributed by atoms with Crippen molar-refractivity contribution in [3.8, 4) is 0 Å². The van der Waals surface area contributed by atoms with Gasteiger partial charge in [0.15, 0.2) is 0 Å². The van der Waals surface area contributed by atoms with Crippen LogP contribution in [0.25, 0.3) is 0 Å². The Morgan fingerprint density at radius 1 is 1.30 bits per heavy atom. The first-order chi connectivity index (χ1) is 4.65. The summed E-state index contributed by atoms with van der Waals surface area (Å²) in [4.78, 5) is 0. The van der Waals surface area contributed by atoms with Gasteiger partial charge in [-0.2, -0.15) is 0 Å². The molecular weight excluding hydrogens is 140 g/mol. The van der Waals surface area contributed by atoms with E-state index in [1.807, 2.05) is 0 Å². The van der Waals surface area contributed by atoms with Crippen LogP contribution >= 0.6 is 0 Å². The summed E-state index contributed by atoms with van der Waals surface area (Å²) in [6.45, 7) is 0.974. The van der Waals surface area contributed by atoms with Crippen LogP contribution < -0.4 is 5.32 Å². The highest BCUT2D eigenvalue weighted by molar-refractivity contribution is 4.86. The molecule has 60 valence electrons. The predicted molar refractivity (Wildman–Crippen MR) is 33.1 cm³/mol. The Morgan fingerprint density at radius 3 is 2.10 bits per heavy atom. The van der Waals surface area contributed by atoms with E-state index >= 15 is 0 Å². The molecular formula is C6H11F2NO. The second-order valence-corrected chi connectivity index (χ2v) is 2.65. The highest BCUT2D eigenvalue weighted by atomic mass is 19.3. The number of piperidine rings is 1. The van der Waals surface area contributed by atoms with Crippen molar-refractivity contribution in [1.29, 1.82) is 0 Å². The summed E-state index contributed by atoms with van der Waals surface area (Å²) in [7, 11) is 0. The maximum absolute atomic E-state index is 12.0. The minimum Gasteiger partial charge on any atom is -0.384 e. The summed E-state index contributed by atoms with van der Waals surface area (Å²) < 4.78 is 24.1. The molecule has 0 aromatic carbocycles. The van der Waals surface area contributed by atoms with Crippen molar-refractivity contribution >= 4 is 0 Å². The van der Waals surface area contributed by atoms with Crippen molar-refractivity contribution in [3.05, 3.63) is 0 Å². The molecule has 0 spiro atoms. The zero-order chi connectivity index (χ0) is 7.61. The average molecular weight is 151 g/mol. The number of alkyl halides is 2. The maximum Gasteiger partial charge on any atom is 0.266 e. The summed E-state index contributed by atoms with van der Waals surface area (Å²) >= 11 is 0. The van der Waals surface area contributed by atoms with Crippen LogP contribution in [-0.4, -0.2) is 30.2 Å². The standard InChI is InChI=1S/C6H11F2NO/c7-5(8)6(10)1-3-9-4-2-6/h5,9-10H,1-4H2. The van der Waals surface area contributed by atoms with Gasteiger partial charge < -0.3 is 10.4 Å². The Morgan fingerprint density at radius 2 is 1.80 bits per heavy atom. The van der Waals surface area contributed by atoms with Crippen LogP contribution in [0.3, 0.4) is 0 Å². The molecule has 1 fully saturated rings. The second kappa shape index (κ2) is 2.80. The highest BCUT2D eigenvalue weighted by Crippen LogP contribution is 2.25. The van der Waals surface area contributed by atoms with Gasteiger partial charge >= 0.3 is 0 Å². The van der Waals surface area contributed by atoms with Gasteiger partial charge in [0.2, 0.25) is 0 Å². The zero-order valence-corrected chi connectivity index (χ0v) is 5.61. The smallest absolute Gasteiger partial charge is 0.266 e. The molecule has 1 rings (SSSR count). The van der Waals surface area contributed by atoms with Gasteiger partial charge in [-0.1, -0.05) is 0 Å². The van der Waals surface area contributed by atoms with Crippen molar-refractivity contribution in [2.75, 3.05) is 13.1 Å². The molecule has 10 heavy (non-hydrogen) atoms. The molecule has 0 aromatic rings. The molecule has 2 nitrogen and oxygen atoms in total. The first-order valence-corrected chi connectivity index (χ1v) is 3.36. The molecule has 0 saturated carbocycles. The van der Waals surface area contributed by atoms with Gasteiger partial charge in [-0.05, 0) is 25.9 Å². The largest absolute Gasteiger partial charge is 0.384 e. The highest BCUT2D eigenvalue weighted by Gasteiger charge is 2.38. The van der Waals surface area contributed by atoms with Crippen LogP contribution in [0, 0.1) is 0 Å². The molecule has 0 unspecified atom stereocenters. The Hall–Kier alpha value is -0.220. The van der Waals surface area contributed by atoms with Crippen LogP contribution in [0.1, 0.15) is 12.8 Å². The van der Waals surface area contributed by atoms with E-state index in [4.69, 9.17) is 5.11 Å². The molecule has 1 heterocycles. The summed E-state index contributed by atoms with van der Waals surface area (Å²) in [5.74, 6) is 0. The number of aliphatic hydroxyl groups is 1. The van der Waals surface area contributed by atoms with Crippen LogP contribution in [0.4, 0.5) is 8.78 Å². The monoisotopic (exact) mass is 151 g/mol. The van der Waals surface area contributed by atoms with Crippen LogP contribution in [0.15, 0.2) is 0 Å². The summed E-state index contributed by atoms with van der Waals surface area (Å²) in [5.41, 5.74) is -1.72. The first-order valence-electron chi connectivity index (χ1n) is 3.36. The normalized spacial score (nSPS) is 25.2. The van der Waals surface area contributed by atoms with Gasteiger partial charge in [-0.25, -0.2) is 8.78 Å². The Labute approximate surface area is 58.2 Å². The predicted octanol–water partition coefficient (Wildman–Crippen LogP) is 0.366. The minimum absolute atomic E-state index is 0.157. The topological polar surface area (TPSA) is 32.3 Å². The molecule has 1 aliphatic rings. The van der Waals surface area contributed by atoms with E-state index in [0.717, 1.165) is 0 Å². The molecule has 0 aromatic heterocycles. The maximum atomic E-state index is 12.0. The molecule has 4 heteroatoms. The van der Waals surface area contributed by atoms with Crippen LogP contribution in [0.2, 0.25) is 0 Å². The molecule has 2 N–H and O–H groups in total. The Balaban J connectivity index is 2.48. The van der Waals surface area contributed by atoms with Gasteiger partial charge in [-0.15, -0.1) is 0 Å². The van der Waals surface area contributed by atoms with Crippen molar-refractivity contribution in [3.63, 3.8) is 0 Å². The third kappa shape index (κ3) is 1.44. The van der Waals surface area contributed by atoms with E-state index in [-0.39, 0.29) is 12.8 Å². The lowest BCUT2D eigenvalue weighted by Crippen LogP contribution is -2.46. The minimum atomic E-state index is -2.60. The molecule has 1 aliphatic heterocycles. The average Bonchev–Trinajstić information content (AvgIpc) is 1.89. The lowest BCUT2D eigenvalue weighted by atomic mass is 9.93. The van der Waals surface area contributed by atoms with Crippen molar-refractivity contribution in [2.24, 2.45) is 0 Å². The molecule has 0 radical (unpaired) electrons. The zero-order valence-electron chi connectivity index (χ0n) is 5.61. The van der Waals surface area contributed by atoms with Gasteiger partial charge in [0.1, 0.15) is 5.60 Å². The number of nitrogens with one attached hydrogen (secondary N) is 1. The Kier molecular flexibility index (Phi) is 2.21. The number of halogens is 2. The molecule has 0 amide bonds. The molecule has 0 aliphatic carbocycles. The SMILES string of the molecule is OC1(C(F)F)CCNCC1. The summed E-state index contributed by atoms with van der Waals surface area (Å²) in [6.07, 6.45) is -2.29. The lowest BCUT2D eigenvalue weighted by Gasteiger charge is -2.31. The van der Waals surface area contributed by atoms with E-state index in [0.29, 0.717) is 13.1 Å². The molecule has 1 saturated heterocycles.